The van der Waals surface area contributed by atoms with Gasteiger partial charge in [0.05, 0.1) is 5.92 Å². The van der Waals surface area contributed by atoms with E-state index in [-0.39, 0.29) is 11.8 Å². The summed E-state index contributed by atoms with van der Waals surface area (Å²) in [4.78, 5) is 11.8. The first-order valence-electron chi connectivity index (χ1n) is 6.78. The summed E-state index contributed by atoms with van der Waals surface area (Å²) in [6.07, 6.45) is 8.04. The topological polar surface area (TPSA) is 41.1 Å². The van der Waals surface area contributed by atoms with Gasteiger partial charge in [0.15, 0.2) is 0 Å². The molecule has 3 heteroatoms. The predicted octanol–water partition coefficient (Wildman–Crippen LogP) is 1.68. The number of hydrogen-bond acceptors (Lipinski definition) is 2. The second kappa shape index (κ2) is 5.67. The summed E-state index contributed by atoms with van der Waals surface area (Å²) >= 11 is 0. The van der Waals surface area contributed by atoms with Gasteiger partial charge in [-0.2, -0.15) is 0 Å². The van der Waals surface area contributed by atoms with Gasteiger partial charge in [0.25, 0.3) is 0 Å². The number of carbonyl (C=O) groups is 1. The van der Waals surface area contributed by atoms with E-state index in [2.05, 4.69) is 17.6 Å². The Kier molecular flexibility index (Phi) is 4.22. The molecule has 2 fully saturated rings. The van der Waals surface area contributed by atoms with Gasteiger partial charge < -0.3 is 10.6 Å². The number of hydrogen-bond donors (Lipinski definition) is 2. The quantitative estimate of drug-likeness (QED) is 0.716. The molecule has 1 saturated carbocycles. The minimum atomic E-state index is 0.230. The third-order valence-electron chi connectivity index (χ3n) is 4.13. The summed E-state index contributed by atoms with van der Waals surface area (Å²) in [5, 5.41) is 6.34. The van der Waals surface area contributed by atoms with Crippen LogP contribution in [0.5, 0.6) is 0 Å². The van der Waals surface area contributed by atoms with Crippen LogP contribution in [0, 0.1) is 11.8 Å². The minimum absolute atomic E-state index is 0.230. The molecule has 1 atom stereocenters. The van der Waals surface area contributed by atoms with Crippen LogP contribution in [0.4, 0.5) is 0 Å². The predicted molar refractivity (Wildman–Crippen MR) is 65.2 cm³/mol. The molecule has 92 valence electrons. The van der Waals surface area contributed by atoms with Gasteiger partial charge in [0.2, 0.25) is 5.91 Å². The molecule has 0 aromatic heterocycles. The molecule has 0 unspecified atom stereocenters. The number of amides is 1. The van der Waals surface area contributed by atoms with E-state index in [1.54, 1.807) is 0 Å². The Morgan fingerprint density at radius 1 is 1.19 bits per heavy atom. The van der Waals surface area contributed by atoms with Crippen molar-refractivity contribution < 1.29 is 4.79 Å². The van der Waals surface area contributed by atoms with Crippen LogP contribution in [-0.2, 0) is 4.79 Å². The lowest BCUT2D eigenvalue weighted by atomic mass is 9.92. The van der Waals surface area contributed by atoms with Gasteiger partial charge >= 0.3 is 0 Å². The van der Waals surface area contributed by atoms with Crippen molar-refractivity contribution >= 4 is 5.91 Å². The van der Waals surface area contributed by atoms with Gasteiger partial charge in [-0.25, -0.2) is 0 Å². The Balaban J connectivity index is 1.76. The van der Waals surface area contributed by atoms with Crippen molar-refractivity contribution in [2.75, 3.05) is 13.1 Å². The zero-order valence-corrected chi connectivity index (χ0v) is 10.3. The summed E-state index contributed by atoms with van der Waals surface area (Å²) in [7, 11) is 0. The van der Waals surface area contributed by atoms with Gasteiger partial charge in [-0.05, 0) is 25.7 Å². The molecule has 0 bridgehead atoms. The second-order valence-corrected chi connectivity index (χ2v) is 5.40. The van der Waals surface area contributed by atoms with Crippen LogP contribution in [-0.4, -0.2) is 25.0 Å². The Hall–Kier alpha value is -0.570. The maximum absolute atomic E-state index is 11.8. The van der Waals surface area contributed by atoms with Crippen molar-refractivity contribution in [2.45, 2.75) is 51.5 Å². The fraction of sp³-hybridized carbons (Fsp3) is 0.923. The third-order valence-corrected chi connectivity index (χ3v) is 4.13. The molecule has 1 aliphatic carbocycles. The average Bonchev–Trinajstić information content (AvgIpc) is 2.42. The van der Waals surface area contributed by atoms with Crippen LogP contribution in [0.25, 0.3) is 0 Å². The zero-order valence-electron chi connectivity index (χ0n) is 10.3. The molecule has 0 spiro atoms. The molecule has 1 aliphatic heterocycles. The van der Waals surface area contributed by atoms with Crippen molar-refractivity contribution in [3.05, 3.63) is 0 Å². The van der Waals surface area contributed by atoms with Crippen molar-refractivity contribution in [3.63, 3.8) is 0 Å². The lowest BCUT2D eigenvalue weighted by Gasteiger charge is -2.30. The highest BCUT2D eigenvalue weighted by Gasteiger charge is 2.27. The average molecular weight is 224 g/mol. The Morgan fingerprint density at radius 3 is 2.31 bits per heavy atom. The SMILES string of the molecule is C[C@@H](NC(=O)C1CNC1)C1CCCCCC1. The van der Waals surface area contributed by atoms with Crippen LogP contribution in [0.1, 0.15) is 45.4 Å². The molecule has 1 heterocycles. The smallest absolute Gasteiger partial charge is 0.225 e. The van der Waals surface area contributed by atoms with E-state index < -0.39 is 0 Å². The molecule has 2 rings (SSSR count). The Morgan fingerprint density at radius 2 is 1.81 bits per heavy atom. The molecular formula is C13H24N2O. The maximum Gasteiger partial charge on any atom is 0.225 e. The highest BCUT2D eigenvalue weighted by Crippen LogP contribution is 2.25. The van der Waals surface area contributed by atoms with E-state index in [0.717, 1.165) is 13.1 Å². The lowest BCUT2D eigenvalue weighted by Crippen LogP contribution is -2.53. The number of rotatable bonds is 3. The summed E-state index contributed by atoms with van der Waals surface area (Å²) < 4.78 is 0. The highest BCUT2D eigenvalue weighted by molar-refractivity contribution is 5.80. The van der Waals surface area contributed by atoms with Gasteiger partial charge in [-0.3, -0.25) is 4.79 Å². The zero-order chi connectivity index (χ0) is 11.4. The van der Waals surface area contributed by atoms with Gasteiger partial charge in [-0.15, -0.1) is 0 Å². The van der Waals surface area contributed by atoms with E-state index in [1.165, 1.54) is 38.5 Å². The molecule has 2 aliphatic rings. The fourth-order valence-corrected chi connectivity index (χ4v) is 2.75. The minimum Gasteiger partial charge on any atom is -0.353 e. The van der Waals surface area contributed by atoms with Crippen LogP contribution < -0.4 is 10.6 Å². The van der Waals surface area contributed by atoms with Crippen LogP contribution in [0.3, 0.4) is 0 Å². The van der Waals surface area contributed by atoms with Crippen molar-refractivity contribution in [1.82, 2.24) is 10.6 Å². The van der Waals surface area contributed by atoms with Crippen LogP contribution in [0.15, 0.2) is 0 Å². The fourth-order valence-electron chi connectivity index (χ4n) is 2.75. The molecular weight excluding hydrogens is 200 g/mol. The van der Waals surface area contributed by atoms with Crippen LogP contribution >= 0.6 is 0 Å². The molecule has 1 saturated heterocycles. The molecule has 0 aromatic carbocycles. The van der Waals surface area contributed by atoms with E-state index in [0.29, 0.717) is 12.0 Å². The summed E-state index contributed by atoms with van der Waals surface area (Å²) in [6, 6.07) is 0.367. The lowest BCUT2D eigenvalue weighted by molar-refractivity contribution is -0.127. The Labute approximate surface area is 98.4 Å². The summed E-state index contributed by atoms with van der Waals surface area (Å²) in [5.41, 5.74) is 0. The molecule has 3 nitrogen and oxygen atoms in total. The number of nitrogens with one attached hydrogen (secondary N) is 2. The number of carbonyl (C=O) groups excluding carboxylic acids is 1. The monoisotopic (exact) mass is 224 g/mol. The maximum atomic E-state index is 11.8. The summed E-state index contributed by atoms with van der Waals surface area (Å²) in [6.45, 7) is 3.91. The van der Waals surface area contributed by atoms with Crippen molar-refractivity contribution in [1.29, 1.82) is 0 Å². The van der Waals surface area contributed by atoms with Gasteiger partial charge in [0, 0.05) is 19.1 Å². The van der Waals surface area contributed by atoms with E-state index in [1.807, 2.05) is 0 Å². The first kappa shape index (κ1) is 11.9. The van der Waals surface area contributed by atoms with Crippen molar-refractivity contribution in [2.24, 2.45) is 11.8 Å². The summed E-state index contributed by atoms with van der Waals surface area (Å²) in [5.74, 6) is 1.20. The van der Waals surface area contributed by atoms with E-state index in [9.17, 15) is 4.79 Å². The first-order chi connectivity index (χ1) is 7.77. The van der Waals surface area contributed by atoms with Crippen molar-refractivity contribution in [3.8, 4) is 0 Å². The van der Waals surface area contributed by atoms with Gasteiger partial charge in [-0.1, -0.05) is 25.7 Å². The molecule has 0 radical (unpaired) electrons. The molecule has 1 amide bonds. The van der Waals surface area contributed by atoms with Crippen LogP contribution in [0.2, 0.25) is 0 Å². The third kappa shape index (κ3) is 2.97. The van der Waals surface area contributed by atoms with E-state index in [4.69, 9.17) is 0 Å². The molecule has 16 heavy (non-hydrogen) atoms. The largest absolute Gasteiger partial charge is 0.353 e. The standard InChI is InChI=1S/C13H24N2O/c1-10(11-6-4-2-3-5-7-11)15-13(16)12-8-14-9-12/h10-12,14H,2-9H2,1H3,(H,15,16)/t10-/m1/s1. The highest BCUT2D eigenvalue weighted by atomic mass is 16.2. The normalized spacial score (nSPS) is 25.6. The van der Waals surface area contributed by atoms with E-state index >= 15 is 0 Å². The van der Waals surface area contributed by atoms with Gasteiger partial charge in [0.1, 0.15) is 0 Å². The molecule has 0 aromatic rings. The second-order valence-electron chi connectivity index (χ2n) is 5.40. The Bertz CT molecular complexity index is 230. The first-order valence-corrected chi connectivity index (χ1v) is 6.78. The molecule has 2 N–H and O–H groups in total.